The highest BCUT2D eigenvalue weighted by Gasteiger charge is 2.25. The number of hydrogen-bond donors (Lipinski definition) is 2. The number of likely N-dealkylation sites (tertiary alicyclic amines) is 1. The van der Waals surface area contributed by atoms with E-state index < -0.39 is 6.10 Å². The number of carbonyl (C=O) groups excluding carboxylic acids is 1. The molecule has 0 radical (unpaired) electrons. The number of rotatable bonds is 2. The number of nitrogens with zero attached hydrogens (tertiary/aromatic N) is 1. The number of aliphatic hydroxyl groups is 1. The molecule has 1 aromatic rings. The molecule has 0 aromatic heterocycles. The first-order valence-corrected chi connectivity index (χ1v) is 6.56. The minimum atomic E-state index is -0.535. The number of nitrogens with two attached hydrogens (primary N) is 1. The van der Waals surface area contributed by atoms with Gasteiger partial charge in [0.2, 0.25) is 0 Å². The fourth-order valence-electron chi connectivity index (χ4n) is 2.10. The largest absolute Gasteiger partial charge is 0.445 e. The van der Waals surface area contributed by atoms with Crippen molar-refractivity contribution < 1.29 is 14.6 Å². The molecule has 1 saturated heterocycles. The average Bonchev–Trinajstić information content (AvgIpc) is 2.60. The second-order valence-corrected chi connectivity index (χ2v) is 4.84. The molecule has 5 nitrogen and oxygen atoms in total. The van der Waals surface area contributed by atoms with Crippen LogP contribution in [0.1, 0.15) is 18.4 Å². The predicted molar refractivity (Wildman–Crippen MR) is 71.4 cm³/mol. The maximum atomic E-state index is 11.9. The summed E-state index contributed by atoms with van der Waals surface area (Å²) >= 11 is 0. The van der Waals surface area contributed by atoms with Gasteiger partial charge in [0.15, 0.2) is 0 Å². The Labute approximate surface area is 113 Å². The zero-order valence-corrected chi connectivity index (χ0v) is 10.9. The minimum Gasteiger partial charge on any atom is -0.445 e. The molecule has 3 N–H and O–H groups in total. The van der Waals surface area contributed by atoms with Crippen LogP contribution in [0.5, 0.6) is 0 Å². The van der Waals surface area contributed by atoms with Crippen molar-refractivity contribution in [1.82, 2.24) is 4.90 Å². The fraction of sp³-hybridized carbons (Fsp3) is 0.500. The molecule has 5 heteroatoms. The Bertz CT molecular complexity index is 398. The summed E-state index contributed by atoms with van der Waals surface area (Å²) in [5.41, 5.74) is 6.74. The second-order valence-electron chi connectivity index (χ2n) is 4.84. The zero-order chi connectivity index (χ0) is 13.7. The molecule has 0 bridgehead atoms. The van der Waals surface area contributed by atoms with E-state index in [9.17, 15) is 9.90 Å². The van der Waals surface area contributed by atoms with Crippen LogP contribution in [0.15, 0.2) is 30.3 Å². The molecule has 104 valence electrons. The van der Waals surface area contributed by atoms with Gasteiger partial charge in [-0.3, -0.25) is 0 Å². The number of benzene rings is 1. The molecule has 1 amide bonds. The normalized spacial score (nSPS) is 23.8. The van der Waals surface area contributed by atoms with E-state index in [-0.39, 0.29) is 18.7 Å². The summed E-state index contributed by atoms with van der Waals surface area (Å²) in [5, 5.41) is 9.66. The highest BCUT2D eigenvalue weighted by molar-refractivity contribution is 5.67. The summed E-state index contributed by atoms with van der Waals surface area (Å²) in [6, 6.07) is 9.30. The minimum absolute atomic E-state index is 0.257. The molecule has 0 saturated carbocycles. The first-order chi connectivity index (χ1) is 9.16. The van der Waals surface area contributed by atoms with E-state index in [4.69, 9.17) is 10.5 Å². The lowest BCUT2D eigenvalue weighted by atomic mass is 10.1. The van der Waals surface area contributed by atoms with Crippen molar-refractivity contribution in [2.24, 2.45) is 5.73 Å². The van der Waals surface area contributed by atoms with Crippen molar-refractivity contribution in [2.75, 3.05) is 13.1 Å². The van der Waals surface area contributed by atoms with E-state index in [0.717, 1.165) is 5.56 Å². The van der Waals surface area contributed by atoms with Crippen LogP contribution in [0.4, 0.5) is 4.79 Å². The fourth-order valence-corrected chi connectivity index (χ4v) is 2.10. The Morgan fingerprint density at radius 2 is 2.00 bits per heavy atom. The molecule has 2 atom stereocenters. The first-order valence-electron chi connectivity index (χ1n) is 6.56. The Kier molecular flexibility index (Phi) is 4.76. The highest BCUT2D eigenvalue weighted by atomic mass is 16.6. The van der Waals surface area contributed by atoms with Gasteiger partial charge >= 0.3 is 6.09 Å². The summed E-state index contributed by atoms with van der Waals surface area (Å²) in [6.45, 7) is 1.29. The Hall–Kier alpha value is -1.59. The van der Waals surface area contributed by atoms with Crippen molar-refractivity contribution in [1.29, 1.82) is 0 Å². The summed E-state index contributed by atoms with van der Waals surface area (Å²) in [4.78, 5) is 13.5. The van der Waals surface area contributed by atoms with Crippen LogP contribution in [0.2, 0.25) is 0 Å². The van der Waals surface area contributed by atoms with Gasteiger partial charge in [-0.05, 0) is 18.4 Å². The quantitative estimate of drug-likeness (QED) is 0.839. The van der Waals surface area contributed by atoms with Gasteiger partial charge in [0.05, 0.1) is 6.10 Å². The number of ether oxygens (including phenoxy) is 1. The summed E-state index contributed by atoms with van der Waals surface area (Å²) in [6.07, 6.45) is 0.223. The lowest BCUT2D eigenvalue weighted by Crippen LogP contribution is -2.34. The Morgan fingerprint density at radius 1 is 1.32 bits per heavy atom. The van der Waals surface area contributed by atoms with E-state index in [0.29, 0.717) is 25.9 Å². The third-order valence-electron chi connectivity index (χ3n) is 3.38. The van der Waals surface area contributed by atoms with E-state index in [1.807, 2.05) is 30.3 Å². The van der Waals surface area contributed by atoms with E-state index in [1.165, 1.54) is 0 Å². The average molecular weight is 264 g/mol. The van der Waals surface area contributed by atoms with Crippen molar-refractivity contribution in [3.8, 4) is 0 Å². The van der Waals surface area contributed by atoms with Crippen molar-refractivity contribution >= 4 is 6.09 Å². The maximum Gasteiger partial charge on any atom is 0.410 e. The van der Waals surface area contributed by atoms with Crippen molar-refractivity contribution in [2.45, 2.75) is 31.6 Å². The summed E-state index contributed by atoms with van der Waals surface area (Å²) in [5.74, 6) is 0. The molecule has 1 heterocycles. The molecule has 19 heavy (non-hydrogen) atoms. The van der Waals surface area contributed by atoms with Gasteiger partial charge in [0.25, 0.3) is 0 Å². The van der Waals surface area contributed by atoms with Crippen LogP contribution in [0.3, 0.4) is 0 Å². The van der Waals surface area contributed by atoms with Crippen LogP contribution in [-0.2, 0) is 11.3 Å². The van der Waals surface area contributed by atoms with E-state index in [1.54, 1.807) is 4.90 Å². The SMILES string of the molecule is NC1CCN(C(=O)OCc2ccccc2)CCC1O. The van der Waals surface area contributed by atoms with Gasteiger partial charge in [-0.15, -0.1) is 0 Å². The van der Waals surface area contributed by atoms with Crippen molar-refractivity contribution in [3.05, 3.63) is 35.9 Å². The number of amides is 1. The van der Waals surface area contributed by atoms with Crippen LogP contribution in [0, 0.1) is 0 Å². The standard InChI is InChI=1S/C14H20N2O3/c15-12-6-8-16(9-7-13(12)17)14(18)19-10-11-4-2-1-3-5-11/h1-5,12-13,17H,6-10,15H2. The first kappa shape index (κ1) is 13.8. The number of hydrogen-bond acceptors (Lipinski definition) is 4. The summed E-state index contributed by atoms with van der Waals surface area (Å²) < 4.78 is 5.26. The highest BCUT2D eigenvalue weighted by Crippen LogP contribution is 2.12. The third kappa shape index (κ3) is 3.94. The molecule has 2 unspecified atom stereocenters. The summed E-state index contributed by atoms with van der Waals surface area (Å²) in [7, 11) is 0. The molecule has 1 fully saturated rings. The lowest BCUT2D eigenvalue weighted by Gasteiger charge is -2.19. The molecule has 2 rings (SSSR count). The smallest absolute Gasteiger partial charge is 0.410 e. The second kappa shape index (κ2) is 6.54. The van der Waals surface area contributed by atoms with Crippen LogP contribution >= 0.6 is 0 Å². The maximum absolute atomic E-state index is 11.9. The number of aliphatic hydroxyl groups excluding tert-OH is 1. The van der Waals surface area contributed by atoms with E-state index in [2.05, 4.69) is 0 Å². The van der Waals surface area contributed by atoms with Gasteiger partial charge in [-0.1, -0.05) is 30.3 Å². The molecule has 1 aliphatic heterocycles. The predicted octanol–water partition coefficient (Wildman–Crippen LogP) is 1.11. The molecular formula is C14H20N2O3. The Balaban J connectivity index is 1.83. The van der Waals surface area contributed by atoms with Gasteiger partial charge in [0.1, 0.15) is 6.61 Å². The van der Waals surface area contributed by atoms with Crippen LogP contribution < -0.4 is 5.73 Å². The number of carbonyl (C=O) groups is 1. The van der Waals surface area contributed by atoms with Gasteiger partial charge in [-0.25, -0.2) is 4.79 Å². The van der Waals surface area contributed by atoms with Crippen LogP contribution in [0.25, 0.3) is 0 Å². The van der Waals surface area contributed by atoms with Gasteiger partial charge < -0.3 is 20.5 Å². The van der Waals surface area contributed by atoms with Crippen molar-refractivity contribution in [3.63, 3.8) is 0 Å². The molecule has 1 aliphatic rings. The molecule has 1 aromatic carbocycles. The molecular weight excluding hydrogens is 244 g/mol. The zero-order valence-electron chi connectivity index (χ0n) is 10.9. The monoisotopic (exact) mass is 264 g/mol. The lowest BCUT2D eigenvalue weighted by molar-refractivity contribution is 0.0947. The topological polar surface area (TPSA) is 75.8 Å². The van der Waals surface area contributed by atoms with E-state index >= 15 is 0 Å². The molecule has 0 aliphatic carbocycles. The third-order valence-corrected chi connectivity index (χ3v) is 3.38. The molecule has 0 spiro atoms. The van der Waals surface area contributed by atoms with Crippen LogP contribution in [-0.4, -0.2) is 41.3 Å². The Morgan fingerprint density at radius 3 is 2.74 bits per heavy atom. The van der Waals surface area contributed by atoms with Gasteiger partial charge in [-0.2, -0.15) is 0 Å². The van der Waals surface area contributed by atoms with Gasteiger partial charge in [0, 0.05) is 19.1 Å².